The van der Waals surface area contributed by atoms with Gasteiger partial charge in [0.05, 0.1) is 28.0 Å². The minimum absolute atomic E-state index is 0.245. The zero-order chi connectivity index (χ0) is 26.9. The Morgan fingerprint density at radius 1 is 1.08 bits per heavy atom. The van der Waals surface area contributed by atoms with Gasteiger partial charge in [-0.1, -0.05) is 29.8 Å². The Balaban J connectivity index is 1.55. The van der Waals surface area contributed by atoms with Crippen LogP contribution >= 0.6 is 11.6 Å². The first-order valence-corrected chi connectivity index (χ1v) is 14.2. The lowest BCUT2D eigenvalue weighted by atomic mass is 10.1. The van der Waals surface area contributed by atoms with Crippen molar-refractivity contribution in [2.45, 2.75) is 50.0 Å². The molecule has 1 aliphatic rings. The lowest BCUT2D eigenvalue weighted by Crippen LogP contribution is -2.32. The van der Waals surface area contributed by atoms with Crippen molar-refractivity contribution in [2.75, 3.05) is 6.61 Å². The number of nitrogens with zero attached hydrogens (tertiary/aromatic N) is 6. The molecule has 0 saturated carbocycles. The molecular formula is C26H27ClN6O4S. The highest BCUT2D eigenvalue weighted by Crippen LogP contribution is 2.37. The lowest BCUT2D eigenvalue weighted by molar-refractivity contribution is 0.00142. The molecule has 0 amide bonds. The average Bonchev–Trinajstić information content (AvgIpc) is 3.22. The molecule has 0 saturated heterocycles. The van der Waals surface area contributed by atoms with Crippen LogP contribution in [0.4, 0.5) is 0 Å². The summed E-state index contributed by atoms with van der Waals surface area (Å²) in [7, 11) is -3.83. The predicted molar refractivity (Wildman–Crippen MR) is 141 cm³/mol. The summed E-state index contributed by atoms with van der Waals surface area (Å²) in [5.74, 6) is 1.35. The molecule has 0 unspecified atom stereocenters. The van der Waals surface area contributed by atoms with Crippen LogP contribution in [0, 0.1) is 0 Å². The predicted octanol–water partition coefficient (Wildman–Crippen LogP) is 4.23. The van der Waals surface area contributed by atoms with Gasteiger partial charge in [0, 0.05) is 24.8 Å². The summed E-state index contributed by atoms with van der Waals surface area (Å²) in [5, 5.41) is 8.14. The van der Waals surface area contributed by atoms with Crippen LogP contribution in [0.5, 0.6) is 5.75 Å². The molecule has 10 nitrogen and oxygen atoms in total. The second kappa shape index (κ2) is 10.8. The van der Waals surface area contributed by atoms with E-state index in [1.54, 1.807) is 19.3 Å². The summed E-state index contributed by atoms with van der Waals surface area (Å²) in [5.41, 5.74) is 1.59. The minimum Gasteiger partial charge on any atom is -0.490 e. The Hall–Kier alpha value is -3.41. The topological polar surface area (TPSA) is 122 Å². The summed E-state index contributed by atoms with van der Waals surface area (Å²) >= 11 is 5.95. The number of fused-ring (bicyclic) bond motifs is 3. The fraction of sp³-hybridized carbons (Fsp3) is 0.346. The molecule has 0 radical (unpaired) electrons. The number of rotatable bonds is 8. The molecule has 3 atom stereocenters. The molecule has 1 aliphatic heterocycles. The molecule has 0 N–H and O–H groups in total. The smallest absolute Gasteiger partial charge is 0.168 e. The van der Waals surface area contributed by atoms with E-state index < -0.39 is 21.2 Å². The van der Waals surface area contributed by atoms with Gasteiger partial charge in [0.25, 0.3) is 0 Å². The van der Waals surface area contributed by atoms with Crippen LogP contribution in [0.15, 0.2) is 61.2 Å². The second-order valence-electron chi connectivity index (χ2n) is 9.30. The monoisotopic (exact) mass is 554 g/mol. The van der Waals surface area contributed by atoms with E-state index in [1.165, 1.54) is 12.4 Å². The zero-order valence-electron chi connectivity index (χ0n) is 21.1. The van der Waals surface area contributed by atoms with E-state index in [1.807, 2.05) is 54.8 Å². The Labute approximate surface area is 226 Å². The number of para-hydroxylation sites is 1. The summed E-state index contributed by atoms with van der Waals surface area (Å²) in [6.45, 7) is 5.51. The van der Waals surface area contributed by atoms with E-state index in [-0.39, 0.29) is 30.3 Å². The van der Waals surface area contributed by atoms with Crippen LogP contribution in [-0.2, 0) is 20.3 Å². The van der Waals surface area contributed by atoms with Crippen molar-refractivity contribution < 1.29 is 17.9 Å². The van der Waals surface area contributed by atoms with Gasteiger partial charge in [-0.25, -0.2) is 18.4 Å². The number of benzene rings is 1. The van der Waals surface area contributed by atoms with Crippen molar-refractivity contribution in [3.05, 3.63) is 83.4 Å². The lowest BCUT2D eigenvalue weighted by Gasteiger charge is -2.25. The molecular weight excluding hydrogens is 528 g/mol. The Bertz CT molecular complexity index is 1510. The van der Waals surface area contributed by atoms with Crippen LogP contribution in [-0.4, -0.2) is 56.1 Å². The first-order chi connectivity index (χ1) is 18.2. The molecule has 0 fully saturated rings. The van der Waals surface area contributed by atoms with Crippen molar-refractivity contribution in [1.82, 2.24) is 29.7 Å². The molecule has 4 aromatic rings. The Morgan fingerprint density at radius 2 is 1.84 bits per heavy atom. The van der Waals surface area contributed by atoms with Gasteiger partial charge in [0.2, 0.25) is 0 Å². The number of halogens is 1. The summed E-state index contributed by atoms with van der Waals surface area (Å²) in [6.07, 6.45) is 5.11. The fourth-order valence-electron chi connectivity index (χ4n) is 4.42. The standard InChI is InChI=1S/C26H27ClN6O4S/c1-16(2)37-24(25-29-12-19(27)13-30-25)17(3)38(34,35)15-23-31-32-26-20-8-4-5-9-22(20)36-14-21(33(23)26)18-7-6-10-28-11-18/h4-13,16-17,21,24H,14-15H2,1-3H3/t17-,21+,24+/m0/s1. The van der Waals surface area contributed by atoms with Crippen molar-refractivity contribution in [3.8, 4) is 17.1 Å². The first kappa shape index (κ1) is 26.2. The molecule has 4 heterocycles. The zero-order valence-corrected chi connectivity index (χ0v) is 22.7. The highest BCUT2D eigenvalue weighted by molar-refractivity contribution is 7.91. The van der Waals surface area contributed by atoms with Crippen molar-refractivity contribution in [2.24, 2.45) is 0 Å². The molecule has 198 valence electrons. The highest BCUT2D eigenvalue weighted by atomic mass is 35.5. The quantitative estimate of drug-likeness (QED) is 0.315. The summed E-state index contributed by atoms with van der Waals surface area (Å²) < 4.78 is 41.6. The normalized spacial score (nSPS) is 16.7. The van der Waals surface area contributed by atoms with E-state index >= 15 is 0 Å². The maximum atomic E-state index is 13.8. The van der Waals surface area contributed by atoms with E-state index in [4.69, 9.17) is 21.1 Å². The molecule has 12 heteroatoms. The van der Waals surface area contributed by atoms with Crippen LogP contribution in [0.3, 0.4) is 0 Å². The van der Waals surface area contributed by atoms with Gasteiger partial charge in [-0.15, -0.1) is 10.2 Å². The number of hydrogen-bond donors (Lipinski definition) is 0. The largest absolute Gasteiger partial charge is 0.490 e. The van der Waals surface area contributed by atoms with E-state index in [9.17, 15) is 8.42 Å². The molecule has 38 heavy (non-hydrogen) atoms. The number of sulfone groups is 1. The molecule has 0 bridgehead atoms. The van der Waals surface area contributed by atoms with Crippen LogP contribution in [0.2, 0.25) is 5.02 Å². The molecule has 0 spiro atoms. The summed E-state index contributed by atoms with van der Waals surface area (Å²) in [4.78, 5) is 12.7. The highest BCUT2D eigenvalue weighted by Gasteiger charge is 2.37. The molecule has 3 aromatic heterocycles. The minimum atomic E-state index is -3.83. The van der Waals surface area contributed by atoms with Crippen LogP contribution in [0.25, 0.3) is 11.4 Å². The maximum Gasteiger partial charge on any atom is 0.168 e. The maximum absolute atomic E-state index is 13.8. The third-order valence-electron chi connectivity index (χ3n) is 6.31. The van der Waals surface area contributed by atoms with E-state index in [0.29, 0.717) is 22.4 Å². The summed E-state index contributed by atoms with van der Waals surface area (Å²) in [6, 6.07) is 10.9. The molecule has 5 rings (SSSR count). The van der Waals surface area contributed by atoms with Crippen LogP contribution < -0.4 is 4.74 Å². The molecule has 0 aliphatic carbocycles. The second-order valence-corrected chi connectivity index (χ2v) is 12.1. The number of hydrogen-bond acceptors (Lipinski definition) is 9. The SMILES string of the molecule is CC(C)O[C@@H](c1ncc(Cl)cn1)[C@H](C)S(=O)(=O)Cc1nnc2n1[C@@H](c1cccnc1)COc1ccccc1-2. The first-order valence-electron chi connectivity index (χ1n) is 12.1. The van der Waals surface area contributed by atoms with E-state index in [0.717, 1.165) is 11.1 Å². The Kier molecular flexibility index (Phi) is 7.42. The van der Waals surface area contributed by atoms with E-state index in [2.05, 4.69) is 25.1 Å². The van der Waals surface area contributed by atoms with Crippen molar-refractivity contribution >= 4 is 21.4 Å². The van der Waals surface area contributed by atoms with Crippen molar-refractivity contribution in [3.63, 3.8) is 0 Å². The average molecular weight is 555 g/mol. The number of ether oxygens (including phenoxy) is 2. The van der Waals surface area contributed by atoms with Crippen LogP contribution in [0.1, 0.15) is 50.1 Å². The van der Waals surface area contributed by atoms with Gasteiger partial charge < -0.3 is 9.47 Å². The number of pyridine rings is 1. The third-order valence-corrected chi connectivity index (χ3v) is 8.54. The van der Waals surface area contributed by atoms with Crippen molar-refractivity contribution in [1.29, 1.82) is 0 Å². The van der Waals surface area contributed by atoms with Gasteiger partial charge in [-0.2, -0.15) is 0 Å². The van der Waals surface area contributed by atoms with Gasteiger partial charge in [-0.3, -0.25) is 9.55 Å². The van der Waals surface area contributed by atoms with Gasteiger partial charge in [0.1, 0.15) is 30.0 Å². The van der Waals surface area contributed by atoms with Gasteiger partial charge >= 0.3 is 0 Å². The van der Waals surface area contributed by atoms with Gasteiger partial charge in [-0.05, 0) is 44.5 Å². The number of aromatic nitrogens is 6. The Morgan fingerprint density at radius 3 is 2.55 bits per heavy atom. The van der Waals surface area contributed by atoms with Gasteiger partial charge in [0.15, 0.2) is 21.5 Å². The third kappa shape index (κ3) is 5.27. The fourth-order valence-corrected chi connectivity index (χ4v) is 5.90. The molecule has 1 aromatic carbocycles.